The summed E-state index contributed by atoms with van der Waals surface area (Å²) in [6.45, 7) is 6.62. The van der Waals surface area contributed by atoms with E-state index >= 15 is 0 Å². The lowest BCUT2D eigenvalue weighted by Crippen LogP contribution is -2.30. The van der Waals surface area contributed by atoms with E-state index in [0.717, 1.165) is 103 Å². The first-order chi connectivity index (χ1) is 35.0. The molecule has 6 heteroatoms. The Bertz CT molecular complexity index is 1280. The number of hydrogen-bond acceptors (Lipinski definition) is 6. The lowest BCUT2D eigenvalue weighted by Gasteiger charge is -2.18. The fourth-order valence-electron chi connectivity index (χ4n) is 8.83. The van der Waals surface area contributed by atoms with Gasteiger partial charge in [0.1, 0.15) is 13.2 Å². The van der Waals surface area contributed by atoms with Gasteiger partial charge in [0.2, 0.25) is 0 Å². The van der Waals surface area contributed by atoms with Gasteiger partial charge in [-0.25, -0.2) is 0 Å². The van der Waals surface area contributed by atoms with Crippen LogP contribution in [0.2, 0.25) is 0 Å². The molecule has 412 valence electrons. The summed E-state index contributed by atoms with van der Waals surface area (Å²) in [6, 6.07) is 0. The van der Waals surface area contributed by atoms with Crippen LogP contribution in [-0.2, 0) is 28.6 Å². The summed E-state index contributed by atoms with van der Waals surface area (Å²) in [7, 11) is 0. The Morgan fingerprint density at radius 3 is 0.817 bits per heavy atom. The predicted octanol–water partition coefficient (Wildman–Crippen LogP) is 20.8. The number of carbonyl (C=O) groups is 3. The van der Waals surface area contributed by atoms with Crippen molar-refractivity contribution in [3.8, 4) is 0 Å². The number of rotatable bonds is 56. The minimum atomic E-state index is -0.784. The van der Waals surface area contributed by atoms with Crippen LogP contribution >= 0.6 is 0 Å². The van der Waals surface area contributed by atoms with Crippen LogP contribution in [0.1, 0.15) is 316 Å². The van der Waals surface area contributed by atoms with Gasteiger partial charge in [-0.05, 0) is 89.9 Å². The van der Waals surface area contributed by atoms with E-state index in [9.17, 15) is 14.4 Å². The second-order valence-corrected chi connectivity index (χ2v) is 20.6. The zero-order valence-corrected chi connectivity index (χ0v) is 47.2. The summed E-state index contributed by atoms with van der Waals surface area (Å²) in [4.78, 5) is 38.2. The number of carbonyl (C=O) groups excluding carboxylic acids is 3. The van der Waals surface area contributed by atoms with Crippen molar-refractivity contribution in [1.82, 2.24) is 0 Å². The largest absolute Gasteiger partial charge is 0.462 e. The second kappa shape index (κ2) is 59.7. The van der Waals surface area contributed by atoms with E-state index in [1.165, 1.54) is 173 Å². The van der Waals surface area contributed by atoms with Gasteiger partial charge in [-0.15, -0.1) is 0 Å². The van der Waals surface area contributed by atoms with Crippen LogP contribution < -0.4 is 0 Å². The number of ether oxygens (including phenoxy) is 3. The van der Waals surface area contributed by atoms with Gasteiger partial charge in [0.05, 0.1) is 0 Å². The third kappa shape index (κ3) is 57.9. The van der Waals surface area contributed by atoms with Crippen molar-refractivity contribution < 1.29 is 28.6 Å². The molecule has 0 aromatic rings. The molecule has 0 aliphatic rings. The SMILES string of the molecule is CCCCC/C=C\C/C=C\CCCCCCCC(=O)OC(COC(=O)CCCCCCCCCC/C=C\C/C=C\C/C=C\CCCCCCC)COC(=O)CCCCCCCCCCCCCCCCC. The minimum Gasteiger partial charge on any atom is -0.462 e. The average Bonchev–Trinajstić information content (AvgIpc) is 3.37. The Balaban J connectivity index is 4.35. The molecule has 0 aromatic carbocycles. The van der Waals surface area contributed by atoms with Crippen LogP contribution in [-0.4, -0.2) is 37.2 Å². The maximum Gasteiger partial charge on any atom is 0.306 e. The Morgan fingerprint density at radius 2 is 0.507 bits per heavy atom. The van der Waals surface area contributed by atoms with Gasteiger partial charge in [-0.3, -0.25) is 14.4 Å². The summed E-state index contributed by atoms with van der Waals surface area (Å²) in [6.07, 6.45) is 75.0. The first-order valence-electron chi connectivity index (χ1n) is 30.8. The van der Waals surface area contributed by atoms with Gasteiger partial charge in [0, 0.05) is 19.3 Å². The molecular formula is C65H116O6. The van der Waals surface area contributed by atoms with E-state index in [0.29, 0.717) is 19.3 Å². The second-order valence-electron chi connectivity index (χ2n) is 20.6. The quantitative estimate of drug-likeness (QED) is 0.0261. The molecule has 0 radical (unpaired) electrons. The molecule has 0 heterocycles. The molecule has 0 aliphatic heterocycles. The standard InChI is InChI=1S/C65H116O6/c1-4-7-10-13-16-19-22-25-28-29-30-31-32-33-34-35-38-40-43-46-49-52-55-58-64(67)70-61-62(71-65(68)59-56-53-50-47-44-41-37-27-24-21-18-15-12-9-6-3)60-69-63(66)57-54-51-48-45-42-39-36-26-23-20-17-14-11-8-5-2/h18,21-22,25,27,29-30,32-33,37,62H,4-17,19-20,23-24,26,28,31,34-36,38-61H2,1-3H3/b21-18-,25-22-,30-29-,33-32-,37-27-. The fourth-order valence-corrected chi connectivity index (χ4v) is 8.83. The summed E-state index contributed by atoms with van der Waals surface area (Å²) in [5, 5.41) is 0. The van der Waals surface area contributed by atoms with Gasteiger partial charge in [-0.2, -0.15) is 0 Å². The van der Waals surface area contributed by atoms with Crippen molar-refractivity contribution in [1.29, 1.82) is 0 Å². The van der Waals surface area contributed by atoms with Gasteiger partial charge in [0.25, 0.3) is 0 Å². The molecule has 0 spiro atoms. The highest BCUT2D eigenvalue weighted by Crippen LogP contribution is 2.16. The third-order valence-corrected chi connectivity index (χ3v) is 13.5. The zero-order chi connectivity index (χ0) is 51.4. The predicted molar refractivity (Wildman–Crippen MR) is 307 cm³/mol. The van der Waals surface area contributed by atoms with Crippen molar-refractivity contribution >= 4 is 17.9 Å². The lowest BCUT2D eigenvalue weighted by molar-refractivity contribution is -0.167. The van der Waals surface area contributed by atoms with E-state index in [1.807, 2.05) is 0 Å². The van der Waals surface area contributed by atoms with E-state index in [-0.39, 0.29) is 31.1 Å². The topological polar surface area (TPSA) is 78.9 Å². The Kier molecular flexibility index (Phi) is 57.2. The molecule has 0 bridgehead atoms. The number of allylic oxidation sites excluding steroid dienone is 10. The Morgan fingerprint density at radius 1 is 0.282 bits per heavy atom. The van der Waals surface area contributed by atoms with Crippen LogP contribution in [0.5, 0.6) is 0 Å². The summed E-state index contributed by atoms with van der Waals surface area (Å²) in [5.41, 5.74) is 0. The van der Waals surface area contributed by atoms with Crippen molar-refractivity contribution in [3.05, 3.63) is 60.8 Å². The average molecular weight is 994 g/mol. The Hall–Kier alpha value is -2.89. The van der Waals surface area contributed by atoms with E-state index in [4.69, 9.17) is 14.2 Å². The molecule has 0 saturated heterocycles. The van der Waals surface area contributed by atoms with Crippen molar-refractivity contribution in [3.63, 3.8) is 0 Å². The highest BCUT2D eigenvalue weighted by molar-refractivity contribution is 5.71. The van der Waals surface area contributed by atoms with Gasteiger partial charge in [-0.1, -0.05) is 268 Å². The molecule has 1 unspecified atom stereocenters. The fraction of sp³-hybridized carbons (Fsp3) is 0.800. The first-order valence-corrected chi connectivity index (χ1v) is 30.8. The number of hydrogen-bond donors (Lipinski definition) is 0. The number of esters is 3. The molecule has 0 N–H and O–H groups in total. The summed E-state index contributed by atoms with van der Waals surface area (Å²) in [5.74, 6) is -0.886. The molecule has 0 saturated carbocycles. The summed E-state index contributed by atoms with van der Waals surface area (Å²) < 4.78 is 16.9. The van der Waals surface area contributed by atoms with Crippen molar-refractivity contribution in [2.75, 3.05) is 13.2 Å². The third-order valence-electron chi connectivity index (χ3n) is 13.5. The van der Waals surface area contributed by atoms with Crippen LogP contribution in [0.3, 0.4) is 0 Å². The number of unbranched alkanes of at least 4 members (excludes halogenated alkanes) is 35. The monoisotopic (exact) mass is 993 g/mol. The van der Waals surface area contributed by atoms with Crippen LogP contribution in [0.15, 0.2) is 60.8 Å². The van der Waals surface area contributed by atoms with E-state index < -0.39 is 6.10 Å². The van der Waals surface area contributed by atoms with Crippen LogP contribution in [0.4, 0.5) is 0 Å². The lowest BCUT2D eigenvalue weighted by atomic mass is 10.0. The zero-order valence-electron chi connectivity index (χ0n) is 47.2. The normalized spacial score (nSPS) is 12.4. The van der Waals surface area contributed by atoms with E-state index in [2.05, 4.69) is 81.5 Å². The van der Waals surface area contributed by atoms with E-state index in [1.54, 1.807) is 0 Å². The maximum absolute atomic E-state index is 12.9. The highest BCUT2D eigenvalue weighted by Gasteiger charge is 2.19. The van der Waals surface area contributed by atoms with Crippen molar-refractivity contribution in [2.45, 2.75) is 322 Å². The Labute approximate surface area is 440 Å². The van der Waals surface area contributed by atoms with Gasteiger partial charge >= 0.3 is 17.9 Å². The molecule has 0 amide bonds. The molecule has 1 atom stereocenters. The first kappa shape index (κ1) is 68.1. The maximum atomic E-state index is 12.9. The van der Waals surface area contributed by atoms with Crippen LogP contribution in [0.25, 0.3) is 0 Å². The summed E-state index contributed by atoms with van der Waals surface area (Å²) >= 11 is 0. The highest BCUT2D eigenvalue weighted by atomic mass is 16.6. The molecule has 0 aliphatic carbocycles. The molecule has 0 rings (SSSR count). The molecule has 6 nitrogen and oxygen atoms in total. The molecule has 71 heavy (non-hydrogen) atoms. The smallest absolute Gasteiger partial charge is 0.306 e. The van der Waals surface area contributed by atoms with Gasteiger partial charge < -0.3 is 14.2 Å². The minimum absolute atomic E-state index is 0.0795. The molecule has 0 aromatic heterocycles. The van der Waals surface area contributed by atoms with Crippen LogP contribution in [0, 0.1) is 0 Å². The molecular weight excluding hydrogens is 877 g/mol. The molecule has 0 fully saturated rings. The van der Waals surface area contributed by atoms with Crippen molar-refractivity contribution in [2.24, 2.45) is 0 Å². The van der Waals surface area contributed by atoms with Gasteiger partial charge in [0.15, 0.2) is 6.10 Å².